The summed E-state index contributed by atoms with van der Waals surface area (Å²) in [6.45, 7) is 2.41. The van der Waals surface area contributed by atoms with Crippen molar-refractivity contribution >= 4 is 23.7 Å². The van der Waals surface area contributed by atoms with Gasteiger partial charge >= 0.3 is 0 Å². The Morgan fingerprint density at radius 3 is 2.63 bits per heavy atom. The maximum Gasteiger partial charge on any atom is 0.260 e. The van der Waals surface area contributed by atoms with Crippen LogP contribution in [0.3, 0.4) is 0 Å². The number of benzene rings is 2. The predicted molar refractivity (Wildman–Crippen MR) is 106 cm³/mol. The van der Waals surface area contributed by atoms with Crippen LogP contribution in [0.25, 0.3) is 0 Å². The summed E-state index contributed by atoms with van der Waals surface area (Å²) in [5.74, 6) is 0.913. The number of hydrogen-bond acceptors (Lipinski definition) is 5. The summed E-state index contributed by atoms with van der Waals surface area (Å²) in [4.78, 5) is 16.9. The number of ether oxygens (including phenoxy) is 2. The van der Waals surface area contributed by atoms with Crippen molar-refractivity contribution in [2.24, 2.45) is 5.16 Å². The lowest BCUT2D eigenvalue weighted by atomic mass is 10.0. The van der Waals surface area contributed by atoms with Crippen molar-refractivity contribution in [1.29, 1.82) is 0 Å². The van der Waals surface area contributed by atoms with Crippen molar-refractivity contribution in [2.75, 3.05) is 27.4 Å². The summed E-state index contributed by atoms with van der Waals surface area (Å²) >= 11 is 6.13. The minimum Gasteiger partial charge on any atom is -0.493 e. The van der Waals surface area contributed by atoms with E-state index in [0.29, 0.717) is 28.6 Å². The van der Waals surface area contributed by atoms with E-state index < -0.39 is 0 Å². The summed E-state index contributed by atoms with van der Waals surface area (Å²) in [5.41, 5.74) is 1.83. The third-order valence-electron chi connectivity index (χ3n) is 3.90. The average Bonchev–Trinajstić information content (AvgIpc) is 2.69. The molecule has 0 aliphatic heterocycles. The summed E-state index contributed by atoms with van der Waals surface area (Å²) in [6.07, 6.45) is 1.45. The molecule has 0 aliphatic carbocycles. The predicted octanol–water partition coefficient (Wildman–Crippen LogP) is 3.63. The minimum absolute atomic E-state index is 0.168. The van der Waals surface area contributed by atoms with E-state index in [9.17, 15) is 4.79 Å². The molecule has 1 N–H and O–H groups in total. The van der Waals surface area contributed by atoms with Crippen molar-refractivity contribution < 1.29 is 19.1 Å². The smallest absolute Gasteiger partial charge is 0.260 e. The molecule has 0 fully saturated rings. The molecule has 144 valence electrons. The molecule has 1 atom stereocenters. The zero-order valence-electron chi connectivity index (χ0n) is 15.6. The molecule has 0 radical (unpaired) electrons. The van der Waals surface area contributed by atoms with Crippen molar-refractivity contribution in [3.63, 3.8) is 0 Å². The highest BCUT2D eigenvalue weighted by Crippen LogP contribution is 2.35. The van der Waals surface area contributed by atoms with Crippen molar-refractivity contribution in [1.82, 2.24) is 5.32 Å². The Morgan fingerprint density at radius 2 is 1.96 bits per heavy atom. The summed E-state index contributed by atoms with van der Waals surface area (Å²) in [7, 11) is 3.03. The van der Waals surface area contributed by atoms with Crippen LogP contribution in [0.2, 0.25) is 5.02 Å². The van der Waals surface area contributed by atoms with Crippen LogP contribution in [0.15, 0.2) is 47.6 Å². The topological polar surface area (TPSA) is 69.2 Å². The highest BCUT2D eigenvalue weighted by Gasteiger charge is 2.10. The Labute approximate surface area is 164 Å². The number of oxime groups is 1. The number of hydrogen-bond donors (Lipinski definition) is 1. The Hall–Kier alpha value is -2.73. The van der Waals surface area contributed by atoms with Gasteiger partial charge in [-0.25, -0.2) is 0 Å². The first-order chi connectivity index (χ1) is 13.0. The number of halogens is 1. The van der Waals surface area contributed by atoms with E-state index in [1.165, 1.54) is 26.0 Å². The van der Waals surface area contributed by atoms with Crippen LogP contribution in [0.4, 0.5) is 0 Å². The second-order valence-corrected chi connectivity index (χ2v) is 6.27. The molecule has 0 bridgehead atoms. The normalized spacial score (nSPS) is 11.9. The lowest BCUT2D eigenvalue weighted by Gasteiger charge is -2.12. The van der Waals surface area contributed by atoms with Crippen molar-refractivity contribution in [3.05, 3.63) is 58.6 Å². The molecule has 1 amide bonds. The van der Waals surface area contributed by atoms with Gasteiger partial charge in [-0.3, -0.25) is 4.79 Å². The van der Waals surface area contributed by atoms with E-state index in [2.05, 4.69) is 17.4 Å². The monoisotopic (exact) mass is 390 g/mol. The number of rotatable bonds is 9. The molecule has 27 heavy (non-hydrogen) atoms. The molecule has 0 aromatic heterocycles. The molecular weight excluding hydrogens is 368 g/mol. The van der Waals surface area contributed by atoms with E-state index in [0.717, 1.165) is 0 Å². The first-order valence-corrected chi connectivity index (χ1v) is 8.81. The summed E-state index contributed by atoms with van der Waals surface area (Å²) < 4.78 is 10.4. The van der Waals surface area contributed by atoms with Crippen LogP contribution in [-0.2, 0) is 9.63 Å². The number of nitrogens with one attached hydrogen (secondary N) is 1. The van der Waals surface area contributed by atoms with Gasteiger partial charge in [0.25, 0.3) is 5.91 Å². The highest BCUT2D eigenvalue weighted by molar-refractivity contribution is 6.32. The van der Waals surface area contributed by atoms with Crippen molar-refractivity contribution in [2.45, 2.75) is 12.8 Å². The molecule has 0 spiro atoms. The van der Waals surface area contributed by atoms with Crippen LogP contribution in [0.5, 0.6) is 11.5 Å². The van der Waals surface area contributed by atoms with E-state index in [4.69, 9.17) is 25.9 Å². The molecule has 2 rings (SSSR count). The number of carbonyl (C=O) groups is 1. The van der Waals surface area contributed by atoms with E-state index >= 15 is 0 Å². The first kappa shape index (κ1) is 20.6. The lowest BCUT2D eigenvalue weighted by Crippen LogP contribution is -2.30. The Balaban J connectivity index is 1.80. The Morgan fingerprint density at radius 1 is 1.22 bits per heavy atom. The SMILES string of the molecule is COc1cc(/C=N/OCC(=O)NCC(C)c2ccccc2)cc(Cl)c1OC. The molecule has 0 aliphatic rings. The Bertz CT molecular complexity index is 781. The molecule has 0 heterocycles. The fourth-order valence-electron chi connectivity index (χ4n) is 2.42. The molecular formula is C20H23ClN2O4. The van der Waals surface area contributed by atoms with Crippen LogP contribution in [0, 0.1) is 0 Å². The average molecular weight is 391 g/mol. The minimum atomic E-state index is -0.236. The fourth-order valence-corrected chi connectivity index (χ4v) is 2.72. The quantitative estimate of drug-likeness (QED) is 0.524. The van der Waals surface area contributed by atoms with Gasteiger partial charge < -0.3 is 19.6 Å². The number of carbonyl (C=O) groups excluding carboxylic acids is 1. The number of nitrogens with zero attached hydrogens (tertiary/aromatic N) is 1. The first-order valence-electron chi connectivity index (χ1n) is 8.43. The molecule has 6 nitrogen and oxygen atoms in total. The van der Waals surface area contributed by atoms with Gasteiger partial charge in [0.15, 0.2) is 18.1 Å². The summed E-state index contributed by atoms with van der Waals surface area (Å²) in [6, 6.07) is 13.4. The van der Waals surface area contributed by atoms with Gasteiger partial charge in [0.05, 0.1) is 25.5 Å². The number of amides is 1. The summed E-state index contributed by atoms with van der Waals surface area (Å²) in [5, 5.41) is 7.02. The van der Waals surface area contributed by atoms with Gasteiger partial charge in [-0.15, -0.1) is 0 Å². The van der Waals surface area contributed by atoms with Gasteiger partial charge in [-0.2, -0.15) is 0 Å². The standard InChI is InChI=1S/C20H23ClN2O4/c1-14(16-7-5-4-6-8-16)11-22-19(24)13-27-23-12-15-9-17(21)20(26-3)18(10-15)25-2/h4-10,12,14H,11,13H2,1-3H3,(H,22,24)/b23-12+. The molecule has 1 unspecified atom stereocenters. The third kappa shape index (κ3) is 6.18. The van der Waals surface area contributed by atoms with E-state index in [-0.39, 0.29) is 18.4 Å². The van der Waals surface area contributed by atoms with E-state index in [1.54, 1.807) is 12.1 Å². The van der Waals surface area contributed by atoms with Crippen LogP contribution >= 0.6 is 11.6 Å². The van der Waals surface area contributed by atoms with Gasteiger partial charge in [0.2, 0.25) is 0 Å². The van der Waals surface area contributed by atoms with Crippen LogP contribution < -0.4 is 14.8 Å². The highest BCUT2D eigenvalue weighted by atomic mass is 35.5. The molecule has 7 heteroatoms. The zero-order chi connectivity index (χ0) is 19.6. The molecule has 2 aromatic carbocycles. The molecule has 0 saturated carbocycles. The van der Waals surface area contributed by atoms with Gasteiger partial charge in [0, 0.05) is 12.1 Å². The zero-order valence-corrected chi connectivity index (χ0v) is 16.3. The van der Waals surface area contributed by atoms with Crippen molar-refractivity contribution in [3.8, 4) is 11.5 Å². The van der Waals surface area contributed by atoms with Crippen LogP contribution in [-0.4, -0.2) is 39.5 Å². The maximum atomic E-state index is 11.9. The third-order valence-corrected chi connectivity index (χ3v) is 4.18. The second kappa shape index (κ2) is 10.4. The van der Waals surface area contributed by atoms with E-state index in [1.807, 2.05) is 30.3 Å². The van der Waals surface area contributed by atoms with Crippen LogP contribution in [0.1, 0.15) is 24.0 Å². The Kier molecular flexibility index (Phi) is 7.95. The van der Waals surface area contributed by atoms with Gasteiger partial charge in [-0.1, -0.05) is 54.0 Å². The maximum absolute atomic E-state index is 11.9. The largest absolute Gasteiger partial charge is 0.493 e. The molecule has 0 saturated heterocycles. The van der Waals surface area contributed by atoms with Gasteiger partial charge in [0.1, 0.15) is 0 Å². The van der Waals surface area contributed by atoms with Gasteiger partial charge in [-0.05, 0) is 23.6 Å². The number of methoxy groups -OCH3 is 2. The molecule has 2 aromatic rings. The lowest BCUT2D eigenvalue weighted by molar-refractivity contribution is -0.125. The fraction of sp³-hybridized carbons (Fsp3) is 0.300. The second-order valence-electron chi connectivity index (χ2n) is 5.86.